The number of methoxy groups -OCH3 is 1. The Morgan fingerprint density at radius 1 is 1.16 bits per heavy atom. The fraction of sp³-hybridized carbons (Fsp3) is 0.304. The Morgan fingerprint density at radius 3 is 2.65 bits per heavy atom. The molecule has 2 N–H and O–H groups in total. The first-order chi connectivity index (χ1) is 15.0. The predicted molar refractivity (Wildman–Crippen MR) is 117 cm³/mol. The van der Waals surface area contributed by atoms with Gasteiger partial charge in [-0.2, -0.15) is 0 Å². The molecule has 8 heteroatoms. The number of para-hydroxylation sites is 1. The Balaban J connectivity index is 2.01. The third kappa shape index (κ3) is 5.11. The minimum Gasteiger partial charge on any atom is -0.493 e. The van der Waals surface area contributed by atoms with Gasteiger partial charge in [-0.1, -0.05) is 48.9 Å². The molecule has 0 bridgehead atoms. The summed E-state index contributed by atoms with van der Waals surface area (Å²) in [4.78, 5) is 25.0. The first-order valence-electron chi connectivity index (χ1n) is 9.94. The van der Waals surface area contributed by atoms with Gasteiger partial charge in [0.15, 0.2) is 11.5 Å². The summed E-state index contributed by atoms with van der Waals surface area (Å²) in [5.41, 5.74) is 2.10. The minimum atomic E-state index is -0.769. The maximum atomic E-state index is 12.8. The van der Waals surface area contributed by atoms with Crippen molar-refractivity contribution in [3.63, 3.8) is 0 Å². The summed E-state index contributed by atoms with van der Waals surface area (Å²) < 4.78 is 16.9. The van der Waals surface area contributed by atoms with E-state index >= 15 is 0 Å². The molecule has 0 aromatic heterocycles. The van der Waals surface area contributed by atoms with Crippen molar-refractivity contribution in [3.05, 3.63) is 69.9 Å². The van der Waals surface area contributed by atoms with E-state index in [1.54, 1.807) is 31.2 Å². The van der Waals surface area contributed by atoms with Gasteiger partial charge >= 0.3 is 12.0 Å². The van der Waals surface area contributed by atoms with Crippen molar-refractivity contribution in [2.24, 2.45) is 0 Å². The van der Waals surface area contributed by atoms with Crippen molar-refractivity contribution in [2.45, 2.75) is 32.9 Å². The summed E-state index contributed by atoms with van der Waals surface area (Å²) in [6.45, 7) is 4.04. The van der Waals surface area contributed by atoms with Gasteiger partial charge in [-0.25, -0.2) is 9.59 Å². The van der Waals surface area contributed by atoms with E-state index in [4.69, 9.17) is 25.8 Å². The van der Waals surface area contributed by atoms with Gasteiger partial charge in [0, 0.05) is 21.8 Å². The highest BCUT2D eigenvalue weighted by Crippen LogP contribution is 2.40. The molecule has 7 nitrogen and oxygen atoms in total. The van der Waals surface area contributed by atoms with Crippen LogP contribution in [0.4, 0.5) is 4.79 Å². The van der Waals surface area contributed by atoms with E-state index in [1.807, 2.05) is 25.1 Å². The molecule has 0 spiro atoms. The number of urea groups is 1. The zero-order valence-corrected chi connectivity index (χ0v) is 18.4. The summed E-state index contributed by atoms with van der Waals surface area (Å²) in [5, 5.41) is 6.02. The average molecular weight is 445 g/mol. The normalized spacial score (nSPS) is 15.7. The number of allylic oxidation sites excluding steroid dienone is 1. The van der Waals surface area contributed by atoms with Crippen molar-refractivity contribution in [1.29, 1.82) is 0 Å². The van der Waals surface area contributed by atoms with Gasteiger partial charge in [-0.15, -0.1) is 0 Å². The number of halogens is 1. The van der Waals surface area contributed by atoms with Crippen molar-refractivity contribution >= 4 is 23.6 Å². The first kappa shape index (κ1) is 22.5. The number of rotatable bonds is 8. The molecule has 1 aliphatic rings. The molecule has 2 aromatic rings. The molecule has 0 saturated heterocycles. The topological polar surface area (TPSA) is 85.9 Å². The highest BCUT2D eigenvalue weighted by molar-refractivity contribution is 6.31. The number of esters is 1. The quantitative estimate of drug-likeness (QED) is 0.585. The highest BCUT2D eigenvalue weighted by Gasteiger charge is 2.34. The first-order valence-corrected chi connectivity index (χ1v) is 10.3. The summed E-state index contributed by atoms with van der Waals surface area (Å²) in [6, 6.07) is 11.5. The van der Waals surface area contributed by atoms with Gasteiger partial charge in [0.05, 0.1) is 25.3 Å². The Bertz CT molecular complexity index is 1010. The SMILES string of the molecule is CCCOC(=O)C1=C(C)NC(=O)NC1c1cccc(OC)c1OCc1ccccc1Cl. The van der Waals surface area contributed by atoms with Crippen molar-refractivity contribution in [3.8, 4) is 11.5 Å². The van der Waals surface area contributed by atoms with Crippen molar-refractivity contribution in [2.75, 3.05) is 13.7 Å². The van der Waals surface area contributed by atoms with Gasteiger partial charge in [0.2, 0.25) is 0 Å². The standard InChI is InChI=1S/C23H25ClN2O5/c1-4-12-30-22(27)19-14(2)25-23(28)26-20(19)16-9-7-11-18(29-3)21(16)31-13-15-8-5-6-10-17(15)24/h5-11,20H,4,12-13H2,1-3H3,(H2,25,26,28). The fourth-order valence-electron chi connectivity index (χ4n) is 3.31. The fourth-order valence-corrected chi connectivity index (χ4v) is 3.50. The monoisotopic (exact) mass is 444 g/mol. The van der Waals surface area contributed by atoms with Gasteiger partial charge in [-0.3, -0.25) is 0 Å². The molecule has 1 atom stereocenters. The second-order valence-electron chi connectivity index (χ2n) is 6.96. The van der Waals surface area contributed by atoms with Gasteiger partial charge in [0.25, 0.3) is 0 Å². The van der Waals surface area contributed by atoms with Crippen LogP contribution < -0.4 is 20.1 Å². The molecule has 2 aromatic carbocycles. The molecule has 1 heterocycles. The lowest BCUT2D eigenvalue weighted by atomic mass is 9.94. The van der Waals surface area contributed by atoms with Crippen LogP contribution in [0.25, 0.3) is 0 Å². The summed E-state index contributed by atoms with van der Waals surface area (Å²) >= 11 is 6.26. The zero-order valence-electron chi connectivity index (χ0n) is 17.7. The number of hydrogen-bond acceptors (Lipinski definition) is 5. The van der Waals surface area contributed by atoms with E-state index in [9.17, 15) is 9.59 Å². The number of carbonyl (C=O) groups is 2. The molecule has 0 radical (unpaired) electrons. The largest absolute Gasteiger partial charge is 0.493 e. The molecular formula is C23H25ClN2O5. The van der Waals surface area contributed by atoms with Crippen LogP contribution in [0.5, 0.6) is 11.5 Å². The lowest BCUT2D eigenvalue weighted by Gasteiger charge is -2.29. The van der Waals surface area contributed by atoms with E-state index in [0.29, 0.717) is 39.8 Å². The Labute approximate surface area is 186 Å². The van der Waals surface area contributed by atoms with Gasteiger partial charge < -0.3 is 24.8 Å². The van der Waals surface area contributed by atoms with Crippen molar-refractivity contribution in [1.82, 2.24) is 10.6 Å². The van der Waals surface area contributed by atoms with Crippen molar-refractivity contribution < 1.29 is 23.8 Å². The van der Waals surface area contributed by atoms with Crippen LogP contribution in [0.1, 0.15) is 37.4 Å². The summed E-state index contributed by atoms with van der Waals surface area (Å²) in [6.07, 6.45) is 0.688. The van der Waals surface area contributed by atoms with E-state index in [0.717, 1.165) is 5.56 Å². The lowest BCUT2D eigenvalue weighted by Crippen LogP contribution is -2.45. The molecule has 1 aliphatic heterocycles. The van der Waals surface area contributed by atoms with E-state index in [1.165, 1.54) is 7.11 Å². The van der Waals surface area contributed by atoms with Crippen LogP contribution in [0, 0.1) is 0 Å². The third-order valence-electron chi connectivity index (χ3n) is 4.80. The zero-order chi connectivity index (χ0) is 22.4. The van der Waals surface area contributed by atoms with Gasteiger partial charge in [-0.05, 0) is 25.5 Å². The minimum absolute atomic E-state index is 0.185. The van der Waals surface area contributed by atoms with Crippen LogP contribution >= 0.6 is 11.6 Å². The summed E-state index contributed by atoms with van der Waals surface area (Å²) in [5.74, 6) is 0.374. The third-order valence-corrected chi connectivity index (χ3v) is 5.17. The highest BCUT2D eigenvalue weighted by atomic mass is 35.5. The Kier molecular flexibility index (Phi) is 7.41. The molecule has 2 amide bonds. The Hall–Kier alpha value is -3.19. The van der Waals surface area contributed by atoms with E-state index in [2.05, 4.69) is 10.6 Å². The lowest BCUT2D eigenvalue weighted by molar-refractivity contribution is -0.139. The second-order valence-corrected chi connectivity index (χ2v) is 7.37. The smallest absolute Gasteiger partial charge is 0.338 e. The molecule has 31 heavy (non-hydrogen) atoms. The number of benzene rings is 2. The van der Waals surface area contributed by atoms with E-state index in [-0.39, 0.29) is 13.2 Å². The summed E-state index contributed by atoms with van der Waals surface area (Å²) in [7, 11) is 1.53. The predicted octanol–water partition coefficient (Wildman–Crippen LogP) is 4.51. The maximum absolute atomic E-state index is 12.8. The molecule has 164 valence electrons. The van der Waals surface area contributed by atoms with Crippen LogP contribution in [0.15, 0.2) is 53.7 Å². The van der Waals surface area contributed by atoms with E-state index < -0.39 is 18.0 Å². The van der Waals surface area contributed by atoms with Crippen LogP contribution in [-0.4, -0.2) is 25.7 Å². The molecular weight excluding hydrogens is 420 g/mol. The molecule has 0 saturated carbocycles. The van der Waals surface area contributed by atoms with Gasteiger partial charge in [0.1, 0.15) is 6.61 Å². The average Bonchev–Trinajstić information content (AvgIpc) is 2.76. The Morgan fingerprint density at radius 2 is 1.94 bits per heavy atom. The van der Waals surface area contributed by atoms with Crippen LogP contribution in [-0.2, 0) is 16.1 Å². The molecule has 0 fully saturated rings. The van der Waals surface area contributed by atoms with Crippen LogP contribution in [0.2, 0.25) is 5.02 Å². The molecule has 0 aliphatic carbocycles. The molecule has 1 unspecified atom stereocenters. The molecule has 3 rings (SSSR count). The second kappa shape index (κ2) is 10.2. The number of ether oxygens (including phenoxy) is 3. The number of amides is 2. The number of hydrogen-bond donors (Lipinski definition) is 2. The number of carbonyl (C=O) groups excluding carboxylic acids is 2. The number of nitrogens with one attached hydrogen (secondary N) is 2. The van der Waals surface area contributed by atoms with Crippen LogP contribution in [0.3, 0.4) is 0 Å². The maximum Gasteiger partial charge on any atom is 0.338 e.